The molecule has 3 unspecified atom stereocenters. The average molecular weight is 358 g/mol. The van der Waals surface area contributed by atoms with Gasteiger partial charge in [-0.3, -0.25) is 4.99 Å². The molecule has 0 amide bonds. The SMILES string of the molecule is CCN=C(NC1C2CCOC2C1(C)C)N1CCN(c2ccccn2)CC1. The minimum atomic E-state index is 0.172. The predicted octanol–water partition coefficient (Wildman–Crippen LogP) is 1.98. The van der Waals surface area contributed by atoms with Crippen molar-refractivity contribution in [3.05, 3.63) is 24.4 Å². The molecule has 1 aliphatic carbocycles. The molecule has 26 heavy (non-hydrogen) atoms. The number of piperazine rings is 1. The Bertz CT molecular complexity index is 639. The number of aliphatic imine (C=N–C) groups is 1. The molecule has 142 valence electrons. The summed E-state index contributed by atoms with van der Waals surface area (Å²) in [7, 11) is 0. The normalized spacial score (nSPS) is 30.7. The first-order chi connectivity index (χ1) is 12.6. The first-order valence-corrected chi connectivity index (χ1v) is 9.94. The van der Waals surface area contributed by atoms with Gasteiger partial charge in [-0.2, -0.15) is 0 Å². The highest BCUT2D eigenvalue weighted by molar-refractivity contribution is 5.81. The maximum Gasteiger partial charge on any atom is 0.194 e. The highest BCUT2D eigenvalue weighted by Crippen LogP contribution is 2.52. The van der Waals surface area contributed by atoms with Crippen LogP contribution in [0.2, 0.25) is 0 Å². The van der Waals surface area contributed by atoms with Gasteiger partial charge in [0.15, 0.2) is 5.96 Å². The zero-order valence-electron chi connectivity index (χ0n) is 16.2. The monoisotopic (exact) mass is 357 g/mol. The van der Waals surface area contributed by atoms with Crippen molar-refractivity contribution in [3.63, 3.8) is 0 Å². The highest BCUT2D eigenvalue weighted by atomic mass is 16.5. The topological polar surface area (TPSA) is 53.0 Å². The van der Waals surface area contributed by atoms with Gasteiger partial charge in [-0.25, -0.2) is 4.98 Å². The van der Waals surface area contributed by atoms with E-state index in [1.807, 2.05) is 12.3 Å². The summed E-state index contributed by atoms with van der Waals surface area (Å²) in [5, 5.41) is 3.80. The maximum atomic E-state index is 5.94. The number of rotatable bonds is 3. The summed E-state index contributed by atoms with van der Waals surface area (Å²) in [6.45, 7) is 12.4. The number of anilines is 1. The molecule has 3 heterocycles. The van der Waals surface area contributed by atoms with E-state index in [9.17, 15) is 0 Å². The number of guanidine groups is 1. The van der Waals surface area contributed by atoms with Crippen LogP contribution in [0.1, 0.15) is 27.2 Å². The van der Waals surface area contributed by atoms with Crippen LogP contribution in [-0.4, -0.2) is 67.3 Å². The molecular formula is C20H31N5O. The van der Waals surface area contributed by atoms with Crippen molar-refractivity contribution in [2.45, 2.75) is 39.3 Å². The Morgan fingerprint density at radius 3 is 2.81 bits per heavy atom. The highest BCUT2D eigenvalue weighted by Gasteiger charge is 2.59. The van der Waals surface area contributed by atoms with Crippen LogP contribution in [0.5, 0.6) is 0 Å². The fourth-order valence-corrected chi connectivity index (χ4v) is 4.83. The summed E-state index contributed by atoms with van der Waals surface area (Å²) < 4.78 is 5.94. The molecule has 0 radical (unpaired) electrons. The molecule has 3 aliphatic rings. The molecular weight excluding hydrogens is 326 g/mol. The number of fused-ring (bicyclic) bond motifs is 1. The van der Waals surface area contributed by atoms with Crippen molar-refractivity contribution in [2.75, 3.05) is 44.2 Å². The second-order valence-electron chi connectivity index (χ2n) is 8.15. The van der Waals surface area contributed by atoms with Crippen molar-refractivity contribution in [1.82, 2.24) is 15.2 Å². The number of hydrogen-bond donors (Lipinski definition) is 1. The Kier molecular flexibility index (Phi) is 4.78. The predicted molar refractivity (Wildman–Crippen MR) is 105 cm³/mol. The van der Waals surface area contributed by atoms with E-state index in [-0.39, 0.29) is 5.41 Å². The van der Waals surface area contributed by atoms with Gasteiger partial charge in [0.25, 0.3) is 0 Å². The van der Waals surface area contributed by atoms with Crippen LogP contribution >= 0.6 is 0 Å². The molecule has 1 aromatic heterocycles. The van der Waals surface area contributed by atoms with Crippen LogP contribution in [0, 0.1) is 11.3 Å². The van der Waals surface area contributed by atoms with Gasteiger partial charge in [-0.05, 0) is 25.5 Å². The Morgan fingerprint density at radius 2 is 2.12 bits per heavy atom. The van der Waals surface area contributed by atoms with E-state index in [1.54, 1.807) is 0 Å². The zero-order valence-corrected chi connectivity index (χ0v) is 16.2. The van der Waals surface area contributed by atoms with Crippen molar-refractivity contribution >= 4 is 11.8 Å². The third-order valence-electron chi connectivity index (χ3n) is 6.25. The Balaban J connectivity index is 1.40. The van der Waals surface area contributed by atoms with Crippen molar-refractivity contribution in [1.29, 1.82) is 0 Å². The zero-order chi connectivity index (χ0) is 18.1. The molecule has 1 saturated carbocycles. The molecule has 2 saturated heterocycles. The largest absolute Gasteiger partial charge is 0.377 e. The smallest absolute Gasteiger partial charge is 0.194 e. The second kappa shape index (κ2) is 7.06. The van der Waals surface area contributed by atoms with Gasteiger partial charge in [0, 0.05) is 62.9 Å². The van der Waals surface area contributed by atoms with Gasteiger partial charge in [0.05, 0.1) is 6.10 Å². The molecule has 2 aliphatic heterocycles. The minimum Gasteiger partial charge on any atom is -0.377 e. The first kappa shape index (κ1) is 17.6. The van der Waals surface area contributed by atoms with Crippen LogP contribution in [-0.2, 0) is 4.74 Å². The first-order valence-electron chi connectivity index (χ1n) is 9.94. The third-order valence-corrected chi connectivity index (χ3v) is 6.25. The van der Waals surface area contributed by atoms with Crippen LogP contribution in [0.25, 0.3) is 0 Å². The molecule has 4 rings (SSSR count). The van der Waals surface area contributed by atoms with E-state index >= 15 is 0 Å². The minimum absolute atomic E-state index is 0.172. The summed E-state index contributed by atoms with van der Waals surface area (Å²) in [5.74, 6) is 2.76. The quantitative estimate of drug-likeness (QED) is 0.662. The van der Waals surface area contributed by atoms with Crippen LogP contribution < -0.4 is 10.2 Å². The molecule has 3 fully saturated rings. The van der Waals surface area contributed by atoms with Gasteiger partial charge in [-0.15, -0.1) is 0 Å². The summed E-state index contributed by atoms with van der Waals surface area (Å²) in [4.78, 5) is 14.0. The standard InChI is InChI=1S/C20H31N5O/c1-4-21-19(23-17-15-8-14-26-18(15)20(17,2)3)25-12-10-24(11-13-25)16-7-5-6-9-22-16/h5-7,9,15,17-18H,4,8,10-14H2,1-3H3,(H,21,23). The fourth-order valence-electron chi connectivity index (χ4n) is 4.83. The molecule has 1 N–H and O–H groups in total. The molecule has 6 nitrogen and oxygen atoms in total. The number of pyridine rings is 1. The number of aromatic nitrogens is 1. The van der Waals surface area contributed by atoms with Crippen molar-refractivity contribution < 1.29 is 4.74 Å². The average Bonchev–Trinajstić information content (AvgIpc) is 3.13. The lowest BCUT2D eigenvalue weighted by atomic mass is 9.57. The number of ether oxygens (including phenoxy) is 1. The summed E-state index contributed by atoms with van der Waals surface area (Å²) in [5.41, 5.74) is 0.172. The van der Waals surface area contributed by atoms with Crippen LogP contribution in [0.15, 0.2) is 29.4 Å². The molecule has 0 aromatic carbocycles. The van der Waals surface area contributed by atoms with E-state index in [4.69, 9.17) is 9.73 Å². The van der Waals surface area contributed by atoms with Gasteiger partial charge < -0.3 is 19.9 Å². The lowest BCUT2D eigenvalue weighted by Crippen LogP contribution is -2.68. The van der Waals surface area contributed by atoms with E-state index in [0.29, 0.717) is 18.1 Å². The number of hydrogen-bond acceptors (Lipinski definition) is 4. The number of nitrogens with one attached hydrogen (secondary N) is 1. The Labute approximate surface area is 156 Å². The van der Waals surface area contributed by atoms with Gasteiger partial charge in [0.2, 0.25) is 0 Å². The summed E-state index contributed by atoms with van der Waals surface area (Å²) >= 11 is 0. The van der Waals surface area contributed by atoms with E-state index in [1.165, 1.54) is 6.42 Å². The van der Waals surface area contributed by atoms with Gasteiger partial charge in [0.1, 0.15) is 5.82 Å². The molecule has 1 aromatic rings. The van der Waals surface area contributed by atoms with Gasteiger partial charge in [-0.1, -0.05) is 19.9 Å². The van der Waals surface area contributed by atoms with Gasteiger partial charge >= 0.3 is 0 Å². The van der Waals surface area contributed by atoms with E-state index in [0.717, 1.165) is 51.1 Å². The maximum absolute atomic E-state index is 5.94. The molecule has 3 atom stereocenters. The van der Waals surface area contributed by atoms with Crippen LogP contribution in [0.4, 0.5) is 5.82 Å². The number of nitrogens with zero attached hydrogens (tertiary/aromatic N) is 4. The van der Waals surface area contributed by atoms with Crippen molar-refractivity contribution in [3.8, 4) is 0 Å². The second-order valence-corrected chi connectivity index (χ2v) is 8.15. The van der Waals surface area contributed by atoms with E-state index in [2.05, 4.69) is 53.0 Å². The summed E-state index contributed by atoms with van der Waals surface area (Å²) in [6, 6.07) is 6.57. The third kappa shape index (κ3) is 3.04. The Morgan fingerprint density at radius 1 is 1.31 bits per heavy atom. The van der Waals surface area contributed by atoms with Crippen molar-refractivity contribution in [2.24, 2.45) is 16.3 Å². The van der Waals surface area contributed by atoms with Crippen LogP contribution in [0.3, 0.4) is 0 Å². The lowest BCUT2D eigenvalue weighted by Gasteiger charge is -2.55. The fraction of sp³-hybridized carbons (Fsp3) is 0.700. The molecule has 6 heteroatoms. The summed E-state index contributed by atoms with van der Waals surface area (Å²) in [6.07, 6.45) is 3.44. The lowest BCUT2D eigenvalue weighted by molar-refractivity contribution is -0.107. The molecule has 0 spiro atoms. The van der Waals surface area contributed by atoms with E-state index < -0.39 is 0 Å². The molecule has 0 bridgehead atoms. The Hall–Kier alpha value is -1.82.